The van der Waals surface area contributed by atoms with Crippen molar-refractivity contribution in [3.63, 3.8) is 0 Å². The van der Waals surface area contributed by atoms with Crippen LogP contribution >= 0.6 is 0 Å². The van der Waals surface area contributed by atoms with Crippen molar-refractivity contribution in [3.8, 4) is 0 Å². The van der Waals surface area contributed by atoms with Crippen molar-refractivity contribution < 1.29 is 4.74 Å². The molecule has 2 aromatic carbocycles. The summed E-state index contributed by atoms with van der Waals surface area (Å²) in [4.78, 5) is 9.93. The van der Waals surface area contributed by atoms with Crippen molar-refractivity contribution in [3.05, 3.63) is 60.2 Å². The van der Waals surface area contributed by atoms with Crippen LogP contribution in [-0.2, 0) is 11.3 Å². The second-order valence-corrected chi connectivity index (χ2v) is 6.78. The van der Waals surface area contributed by atoms with Crippen LogP contribution in [0.15, 0.2) is 59.6 Å². The third kappa shape index (κ3) is 3.54. The van der Waals surface area contributed by atoms with Gasteiger partial charge in [-0.1, -0.05) is 42.5 Å². The molecule has 0 N–H and O–H groups in total. The van der Waals surface area contributed by atoms with Gasteiger partial charge in [0.25, 0.3) is 0 Å². The zero-order chi connectivity index (χ0) is 17.1. The minimum absolute atomic E-state index is 0.394. The molecule has 0 radical (unpaired) electrons. The van der Waals surface area contributed by atoms with Gasteiger partial charge in [-0.15, -0.1) is 0 Å². The van der Waals surface area contributed by atoms with Crippen molar-refractivity contribution >= 4 is 17.2 Å². The molecule has 2 aliphatic heterocycles. The van der Waals surface area contributed by atoms with Crippen molar-refractivity contribution in [2.75, 3.05) is 31.2 Å². The highest BCUT2D eigenvalue weighted by atomic mass is 16.5. The fraction of sp³-hybridized carbons (Fsp3) is 0.381. The van der Waals surface area contributed by atoms with Crippen LogP contribution in [0.25, 0.3) is 0 Å². The number of nitrogens with zero attached hydrogens (tertiary/aromatic N) is 3. The lowest BCUT2D eigenvalue weighted by Gasteiger charge is -2.33. The van der Waals surface area contributed by atoms with Gasteiger partial charge in [-0.25, -0.2) is 4.99 Å². The number of ether oxygens (including phenoxy) is 1. The summed E-state index contributed by atoms with van der Waals surface area (Å²) in [5, 5.41) is 0. The van der Waals surface area contributed by atoms with Gasteiger partial charge in [-0.05, 0) is 24.6 Å². The fourth-order valence-corrected chi connectivity index (χ4v) is 3.64. The molecule has 25 heavy (non-hydrogen) atoms. The highest BCUT2D eigenvalue weighted by molar-refractivity contribution is 5.89. The number of anilines is 1. The van der Waals surface area contributed by atoms with Gasteiger partial charge < -0.3 is 14.5 Å². The Labute approximate surface area is 149 Å². The Morgan fingerprint density at radius 3 is 2.52 bits per heavy atom. The van der Waals surface area contributed by atoms with Crippen LogP contribution in [-0.4, -0.2) is 43.1 Å². The standard InChI is InChI=1S/C21H25N3O/c1-17-15-21(23-11-13-25-14-12-23)22-19-9-5-6-10-20(19)24(17)16-18-7-3-2-4-8-18/h2-10,17H,11-16H2,1H3. The summed E-state index contributed by atoms with van der Waals surface area (Å²) in [5.74, 6) is 1.19. The van der Waals surface area contributed by atoms with E-state index in [2.05, 4.69) is 71.3 Å². The summed E-state index contributed by atoms with van der Waals surface area (Å²) in [6.07, 6.45) is 0.960. The summed E-state index contributed by atoms with van der Waals surface area (Å²) in [7, 11) is 0. The van der Waals surface area contributed by atoms with E-state index in [1.807, 2.05) is 0 Å². The maximum absolute atomic E-state index is 5.51. The molecule has 1 saturated heterocycles. The number of rotatable bonds is 2. The molecule has 0 bridgehead atoms. The summed E-state index contributed by atoms with van der Waals surface area (Å²) in [6.45, 7) is 6.68. The first-order valence-electron chi connectivity index (χ1n) is 9.11. The normalized spacial score (nSPS) is 20.7. The first-order valence-corrected chi connectivity index (χ1v) is 9.11. The smallest absolute Gasteiger partial charge is 0.107 e. The third-order valence-electron chi connectivity index (χ3n) is 5.02. The van der Waals surface area contributed by atoms with E-state index in [1.54, 1.807) is 0 Å². The van der Waals surface area contributed by atoms with Gasteiger partial charge in [0.1, 0.15) is 5.84 Å². The quantitative estimate of drug-likeness (QED) is 0.834. The zero-order valence-corrected chi connectivity index (χ0v) is 14.8. The molecule has 1 atom stereocenters. The predicted molar refractivity (Wildman–Crippen MR) is 103 cm³/mol. The molecule has 130 valence electrons. The fourth-order valence-electron chi connectivity index (χ4n) is 3.64. The van der Waals surface area contributed by atoms with Gasteiger partial charge >= 0.3 is 0 Å². The lowest BCUT2D eigenvalue weighted by Crippen LogP contribution is -2.43. The number of benzene rings is 2. The van der Waals surface area contributed by atoms with Gasteiger partial charge in [0.05, 0.1) is 24.6 Å². The minimum Gasteiger partial charge on any atom is -0.378 e. The van der Waals surface area contributed by atoms with E-state index in [0.29, 0.717) is 6.04 Å². The van der Waals surface area contributed by atoms with Crippen LogP contribution in [0.3, 0.4) is 0 Å². The van der Waals surface area contributed by atoms with E-state index >= 15 is 0 Å². The maximum atomic E-state index is 5.51. The molecule has 2 heterocycles. The highest BCUT2D eigenvalue weighted by Gasteiger charge is 2.26. The van der Waals surface area contributed by atoms with Crippen molar-refractivity contribution in [1.82, 2.24) is 4.90 Å². The third-order valence-corrected chi connectivity index (χ3v) is 5.02. The Morgan fingerprint density at radius 2 is 1.72 bits per heavy atom. The number of hydrogen-bond acceptors (Lipinski definition) is 4. The van der Waals surface area contributed by atoms with E-state index in [1.165, 1.54) is 17.1 Å². The molecule has 4 rings (SSSR count). The van der Waals surface area contributed by atoms with Crippen molar-refractivity contribution in [2.45, 2.75) is 25.9 Å². The summed E-state index contributed by atoms with van der Waals surface area (Å²) >= 11 is 0. The van der Waals surface area contributed by atoms with Gasteiger partial charge in [0.2, 0.25) is 0 Å². The van der Waals surface area contributed by atoms with Crippen LogP contribution in [0, 0.1) is 0 Å². The topological polar surface area (TPSA) is 28.1 Å². The number of fused-ring (bicyclic) bond motifs is 1. The molecular weight excluding hydrogens is 310 g/mol. The Morgan fingerprint density at radius 1 is 1.00 bits per heavy atom. The number of hydrogen-bond donors (Lipinski definition) is 0. The number of morpholine rings is 1. The highest BCUT2D eigenvalue weighted by Crippen LogP contribution is 2.35. The average Bonchev–Trinajstić information content (AvgIpc) is 2.80. The van der Waals surface area contributed by atoms with Crippen molar-refractivity contribution in [2.24, 2.45) is 4.99 Å². The van der Waals surface area contributed by atoms with E-state index in [4.69, 9.17) is 9.73 Å². The second kappa shape index (κ2) is 7.28. The van der Waals surface area contributed by atoms with Gasteiger partial charge in [-0.2, -0.15) is 0 Å². The Kier molecular flexibility index (Phi) is 4.70. The summed E-state index contributed by atoms with van der Waals surface area (Å²) < 4.78 is 5.51. The molecule has 0 aliphatic carbocycles. The number of amidine groups is 1. The van der Waals surface area contributed by atoms with E-state index in [0.717, 1.165) is 45.0 Å². The molecule has 0 amide bonds. The second-order valence-electron chi connectivity index (χ2n) is 6.78. The number of aliphatic imine (C=N–C) groups is 1. The first kappa shape index (κ1) is 16.2. The van der Waals surface area contributed by atoms with Gasteiger partial charge in [-0.3, -0.25) is 0 Å². The SMILES string of the molecule is CC1CC(N2CCOCC2)=Nc2ccccc2N1Cc1ccccc1. The molecular formula is C21H25N3O. The molecule has 1 unspecified atom stereocenters. The van der Waals surface area contributed by atoms with Crippen LogP contribution < -0.4 is 4.90 Å². The predicted octanol–water partition coefficient (Wildman–Crippen LogP) is 3.85. The van der Waals surface area contributed by atoms with E-state index in [9.17, 15) is 0 Å². The zero-order valence-electron chi connectivity index (χ0n) is 14.8. The largest absolute Gasteiger partial charge is 0.378 e. The van der Waals surface area contributed by atoms with Crippen LogP contribution in [0.1, 0.15) is 18.9 Å². The molecule has 0 aromatic heterocycles. The Hall–Kier alpha value is -2.33. The summed E-state index contributed by atoms with van der Waals surface area (Å²) in [6, 6.07) is 19.6. The summed E-state index contributed by atoms with van der Waals surface area (Å²) in [5.41, 5.74) is 3.63. The lowest BCUT2D eigenvalue weighted by atomic mass is 10.1. The Balaban J connectivity index is 1.66. The molecule has 0 saturated carbocycles. The molecule has 1 fully saturated rings. The van der Waals surface area contributed by atoms with Crippen LogP contribution in [0.2, 0.25) is 0 Å². The van der Waals surface area contributed by atoms with Gasteiger partial charge in [0.15, 0.2) is 0 Å². The van der Waals surface area contributed by atoms with Crippen LogP contribution in [0.5, 0.6) is 0 Å². The maximum Gasteiger partial charge on any atom is 0.107 e. The number of para-hydroxylation sites is 2. The molecule has 4 heteroatoms. The van der Waals surface area contributed by atoms with Gasteiger partial charge in [0, 0.05) is 32.1 Å². The lowest BCUT2D eigenvalue weighted by molar-refractivity contribution is 0.0671. The minimum atomic E-state index is 0.394. The average molecular weight is 335 g/mol. The van der Waals surface area contributed by atoms with E-state index in [-0.39, 0.29) is 0 Å². The monoisotopic (exact) mass is 335 g/mol. The van der Waals surface area contributed by atoms with Crippen molar-refractivity contribution in [1.29, 1.82) is 0 Å². The van der Waals surface area contributed by atoms with Crippen LogP contribution in [0.4, 0.5) is 11.4 Å². The molecule has 2 aliphatic rings. The molecule has 2 aromatic rings. The Bertz CT molecular complexity index is 738. The first-order chi connectivity index (χ1) is 12.3. The molecule has 0 spiro atoms. The molecule has 4 nitrogen and oxygen atoms in total. The van der Waals surface area contributed by atoms with E-state index < -0.39 is 0 Å².